The molecule has 0 aromatic rings. The Balaban J connectivity index is 0.000000112. The van der Waals surface area contributed by atoms with Crippen LogP contribution in [0.5, 0.6) is 0 Å². The van der Waals surface area contributed by atoms with Gasteiger partial charge in [-0.05, 0) is 38.0 Å². The highest BCUT2D eigenvalue weighted by atomic mass is 14.0. The molecule has 0 heterocycles. The highest BCUT2D eigenvalue weighted by Crippen LogP contribution is 2.14. The average Bonchev–Trinajstić information content (AvgIpc) is 2.57. The summed E-state index contributed by atoms with van der Waals surface area (Å²) in [6.07, 6.45) is 15.7. The first-order valence-electron chi connectivity index (χ1n) is 4.71. The van der Waals surface area contributed by atoms with Crippen molar-refractivity contribution >= 4 is 0 Å². The Labute approximate surface area is 70.0 Å². The number of allylic oxidation sites excluding steroid dienone is 4. The molecule has 0 nitrogen and oxygen atoms in total. The lowest BCUT2D eigenvalue weighted by Gasteiger charge is -1.89. The van der Waals surface area contributed by atoms with E-state index in [9.17, 15) is 0 Å². The van der Waals surface area contributed by atoms with E-state index in [-0.39, 0.29) is 0 Å². The molecule has 1 unspecified atom stereocenters. The van der Waals surface area contributed by atoms with Crippen LogP contribution in [0.1, 0.15) is 39.0 Å². The molecule has 0 N–H and O–H groups in total. The fourth-order valence-corrected chi connectivity index (χ4v) is 1.37. The third-order valence-electron chi connectivity index (χ3n) is 2.16. The Bertz CT molecular complexity index is 136. The lowest BCUT2D eigenvalue weighted by atomic mass is 10.2. The van der Waals surface area contributed by atoms with Gasteiger partial charge in [0, 0.05) is 0 Å². The summed E-state index contributed by atoms with van der Waals surface area (Å²) in [5, 5.41) is 0. The normalized spacial score (nSPS) is 26.8. The van der Waals surface area contributed by atoms with Crippen molar-refractivity contribution in [2.24, 2.45) is 5.92 Å². The quantitative estimate of drug-likeness (QED) is 0.462. The van der Waals surface area contributed by atoms with Crippen LogP contribution in [0.3, 0.4) is 0 Å². The second-order valence-electron chi connectivity index (χ2n) is 3.39. The van der Waals surface area contributed by atoms with Gasteiger partial charge in [-0.2, -0.15) is 0 Å². The van der Waals surface area contributed by atoms with Gasteiger partial charge >= 0.3 is 0 Å². The Kier molecular flexibility index (Phi) is 4.03. The van der Waals surface area contributed by atoms with Crippen LogP contribution < -0.4 is 0 Å². The molecule has 0 saturated heterocycles. The monoisotopic (exact) mass is 150 g/mol. The van der Waals surface area contributed by atoms with Crippen molar-refractivity contribution in [3.63, 3.8) is 0 Å². The summed E-state index contributed by atoms with van der Waals surface area (Å²) in [5.41, 5.74) is 0. The number of hydrogen-bond acceptors (Lipinski definition) is 0. The number of rotatable bonds is 0. The summed E-state index contributed by atoms with van der Waals surface area (Å²) in [6.45, 7) is 2.25. The SMILES string of the molecule is C1=CCCC1.CC1C=CCC1. The zero-order valence-electron chi connectivity index (χ0n) is 7.42. The molecule has 0 aromatic carbocycles. The van der Waals surface area contributed by atoms with E-state index in [0.717, 1.165) is 5.92 Å². The van der Waals surface area contributed by atoms with Crippen LogP contribution in [0.4, 0.5) is 0 Å². The molecular formula is C11H18. The van der Waals surface area contributed by atoms with E-state index in [1.165, 1.54) is 32.1 Å². The van der Waals surface area contributed by atoms with Gasteiger partial charge in [-0.3, -0.25) is 0 Å². The molecule has 0 aromatic heterocycles. The molecule has 0 aliphatic heterocycles. The van der Waals surface area contributed by atoms with Crippen LogP contribution in [-0.2, 0) is 0 Å². The van der Waals surface area contributed by atoms with Crippen molar-refractivity contribution in [1.29, 1.82) is 0 Å². The standard InChI is InChI=1S/C6H10.C5H8/c1-6-4-2-3-5-6;1-2-4-5-3-1/h2,4,6H,3,5H2,1H3;1-2H,3-5H2. The van der Waals surface area contributed by atoms with Gasteiger partial charge in [-0.25, -0.2) is 0 Å². The lowest BCUT2D eigenvalue weighted by Crippen LogP contribution is -1.76. The first kappa shape index (κ1) is 8.58. The van der Waals surface area contributed by atoms with Gasteiger partial charge in [-0.1, -0.05) is 31.2 Å². The first-order valence-corrected chi connectivity index (χ1v) is 4.71. The second kappa shape index (κ2) is 5.17. The fourth-order valence-electron chi connectivity index (χ4n) is 1.37. The minimum atomic E-state index is 0.866. The van der Waals surface area contributed by atoms with Gasteiger partial charge in [-0.15, -0.1) is 0 Å². The highest BCUT2D eigenvalue weighted by Gasteiger charge is 1.98. The van der Waals surface area contributed by atoms with E-state index in [0.29, 0.717) is 0 Å². The van der Waals surface area contributed by atoms with Crippen molar-refractivity contribution in [3.8, 4) is 0 Å². The maximum Gasteiger partial charge on any atom is -0.0259 e. The molecule has 0 spiro atoms. The molecule has 0 bridgehead atoms. The van der Waals surface area contributed by atoms with Gasteiger partial charge in [0.25, 0.3) is 0 Å². The Hall–Kier alpha value is -0.520. The number of hydrogen-bond donors (Lipinski definition) is 0. The molecule has 11 heavy (non-hydrogen) atoms. The summed E-state index contributed by atoms with van der Waals surface area (Å²) in [4.78, 5) is 0. The lowest BCUT2D eigenvalue weighted by molar-refractivity contribution is 0.701. The molecule has 0 heteroatoms. The van der Waals surface area contributed by atoms with Gasteiger partial charge < -0.3 is 0 Å². The van der Waals surface area contributed by atoms with Gasteiger partial charge in [0.15, 0.2) is 0 Å². The Morgan fingerprint density at radius 2 is 1.73 bits per heavy atom. The summed E-state index contributed by atoms with van der Waals surface area (Å²) in [5.74, 6) is 0.866. The van der Waals surface area contributed by atoms with Crippen LogP contribution in [0, 0.1) is 5.92 Å². The highest BCUT2D eigenvalue weighted by molar-refractivity contribution is 4.93. The predicted molar refractivity (Wildman–Crippen MR) is 50.5 cm³/mol. The van der Waals surface area contributed by atoms with Crippen LogP contribution in [0.15, 0.2) is 24.3 Å². The Morgan fingerprint density at radius 1 is 1.00 bits per heavy atom. The molecule has 0 saturated carbocycles. The molecule has 0 radical (unpaired) electrons. The molecule has 1 atom stereocenters. The van der Waals surface area contributed by atoms with Gasteiger partial charge in [0.1, 0.15) is 0 Å². The summed E-state index contributed by atoms with van der Waals surface area (Å²) >= 11 is 0. The molecule has 2 aliphatic carbocycles. The Morgan fingerprint density at radius 3 is 1.91 bits per heavy atom. The van der Waals surface area contributed by atoms with Crippen molar-refractivity contribution < 1.29 is 0 Å². The van der Waals surface area contributed by atoms with Crippen molar-refractivity contribution in [1.82, 2.24) is 0 Å². The summed E-state index contributed by atoms with van der Waals surface area (Å²) in [7, 11) is 0. The van der Waals surface area contributed by atoms with Crippen LogP contribution in [0.2, 0.25) is 0 Å². The molecular weight excluding hydrogens is 132 g/mol. The van der Waals surface area contributed by atoms with Crippen LogP contribution in [-0.4, -0.2) is 0 Å². The predicted octanol–water partition coefficient (Wildman–Crippen LogP) is 3.70. The van der Waals surface area contributed by atoms with E-state index in [1.54, 1.807) is 0 Å². The third-order valence-corrected chi connectivity index (χ3v) is 2.16. The smallest absolute Gasteiger partial charge is 0.0259 e. The average molecular weight is 150 g/mol. The molecule has 62 valence electrons. The van der Waals surface area contributed by atoms with Crippen LogP contribution in [0.25, 0.3) is 0 Å². The maximum absolute atomic E-state index is 2.28. The van der Waals surface area contributed by atoms with Crippen molar-refractivity contribution in [2.45, 2.75) is 39.0 Å². The van der Waals surface area contributed by atoms with Gasteiger partial charge in [0.05, 0.1) is 0 Å². The van der Waals surface area contributed by atoms with Crippen molar-refractivity contribution in [3.05, 3.63) is 24.3 Å². The first-order chi connectivity index (χ1) is 5.39. The largest absolute Gasteiger partial charge is 0.0885 e. The fraction of sp³-hybridized carbons (Fsp3) is 0.636. The van der Waals surface area contributed by atoms with E-state index in [1.807, 2.05) is 0 Å². The molecule has 0 amide bonds. The van der Waals surface area contributed by atoms with Crippen LogP contribution >= 0.6 is 0 Å². The second-order valence-corrected chi connectivity index (χ2v) is 3.39. The maximum atomic E-state index is 2.28. The summed E-state index contributed by atoms with van der Waals surface area (Å²) in [6, 6.07) is 0. The van der Waals surface area contributed by atoms with E-state index < -0.39 is 0 Å². The van der Waals surface area contributed by atoms with E-state index >= 15 is 0 Å². The molecule has 0 fully saturated rings. The zero-order valence-corrected chi connectivity index (χ0v) is 7.42. The molecule has 2 aliphatic rings. The van der Waals surface area contributed by atoms with E-state index in [2.05, 4.69) is 31.2 Å². The van der Waals surface area contributed by atoms with Crippen molar-refractivity contribution in [2.75, 3.05) is 0 Å². The topological polar surface area (TPSA) is 0 Å². The minimum absolute atomic E-state index is 0.866. The zero-order chi connectivity index (χ0) is 7.94. The summed E-state index contributed by atoms with van der Waals surface area (Å²) < 4.78 is 0. The molecule has 2 rings (SSSR count). The third kappa shape index (κ3) is 4.02. The van der Waals surface area contributed by atoms with E-state index in [4.69, 9.17) is 0 Å². The van der Waals surface area contributed by atoms with Gasteiger partial charge in [0.2, 0.25) is 0 Å². The minimum Gasteiger partial charge on any atom is -0.0885 e.